The van der Waals surface area contributed by atoms with Crippen LogP contribution in [0.5, 0.6) is 0 Å². The maximum Gasteiger partial charge on any atom is 0.132 e. The number of rotatable bonds is 5. The third-order valence-electron chi connectivity index (χ3n) is 1.95. The monoisotopic (exact) mass is 214 g/mol. The van der Waals surface area contributed by atoms with Gasteiger partial charge in [-0.05, 0) is 30.9 Å². The average molecular weight is 214 g/mol. The van der Waals surface area contributed by atoms with Gasteiger partial charge in [-0.2, -0.15) is 11.8 Å². The van der Waals surface area contributed by atoms with E-state index in [0.29, 0.717) is 0 Å². The second-order valence-corrected chi connectivity index (χ2v) is 9.54. The summed E-state index contributed by atoms with van der Waals surface area (Å²) in [4.78, 5) is 0. The minimum absolute atomic E-state index is 1.08. The molecular formula is C11H22SSi. The summed E-state index contributed by atoms with van der Waals surface area (Å²) >= 11 is 1.94. The maximum atomic E-state index is 3.50. The lowest BCUT2D eigenvalue weighted by atomic mass is 10.4. The Hall–Kier alpha value is 0.127. The van der Waals surface area contributed by atoms with Gasteiger partial charge in [0.15, 0.2) is 0 Å². The molecule has 0 aromatic rings. The van der Waals surface area contributed by atoms with E-state index in [1.165, 1.54) is 24.6 Å². The Balaban J connectivity index is 3.73. The molecule has 0 aromatic heterocycles. The van der Waals surface area contributed by atoms with Crippen molar-refractivity contribution in [3.8, 4) is 11.5 Å². The molecule has 0 bridgehead atoms. The Labute approximate surface area is 88.9 Å². The zero-order valence-electron chi connectivity index (χ0n) is 9.44. The predicted octanol–water partition coefficient (Wildman–Crippen LogP) is 3.79. The highest BCUT2D eigenvalue weighted by atomic mass is 32.2. The second kappa shape index (κ2) is 7.52. The van der Waals surface area contributed by atoms with Crippen LogP contribution in [-0.2, 0) is 0 Å². The molecule has 0 aliphatic heterocycles. The Morgan fingerprint density at radius 3 is 2.54 bits per heavy atom. The van der Waals surface area contributed by atoms with Crippen molar-refractivity contribution in [2.75, 3.05) is 12.0 Å². The molecule has 0 unspecified atom stereocenters. The smallest absolute Gasteiger partial charge is 0.132 e. The van der Waals surface area contributed by atoms with Gasteiger partial charge in [-0.1, -0.05) is 20.0 Å². The summed E-state index contributed by atoms with van der Waals surface area (Å²) in [5.41, 5.74) is 3.50. The van der Waals surface area contributed by atoms with Crippen LogP contribution in [0.3, 0.4) is 0 Å². The van der Waals surface area contributed by atoms with Crippen molar-refractivity contribution < 1.29 is 0 Å². The van der Waals surface area contributed by atoms with Gasteiger partial charge in [0.25, 0.3) is 0 Å². The van der Waals surface area contributed by atoms with Gasteiger partial charge in [-0.3, -0.25) is 0 Å². The van der Waals surface area contributed by atoms with Gasteiger partial charge in [-0.15, -0.1) is 11.5 Å². The fraction of sp³-hybridized carbons (Fsp3) is 0.818. The van der Waals surface area contributed by atoms with Crippen molar-refractivity contribution in [1.82, 2.24) is 0 Å². The van der Waals surface area contributed by atoms with Crippen LogP contribution in [0.15, 0.2) is 0 Å². The summed E-state index contributed by atoms with van der Waals surface area (Å²) in [5, 5.41) is 0. The lowest BCUT2D eigenvalue weighted by Crippen LogP contribution is -2.23. The average Bonchev–Trinajstić information content (AvgIpc) is 2.05. The van der Waals surface area contributed by atoms with Crippen LogP contribution in [0.1, 0.15) is 26.2 Å². The van der Waals surface area contributed by atoms with E-state index < -0.39 is 8.07 Å². The molecule has 0 atom stereocenters. The topological polar surface area (TPSA) is 0 Å². The van der Waals surface area contributed by atoms with Crippen molar-refractivity contribution >= 4 is 19.8 Å². The van der Waals surface area contributed by atoms with Gasteiger partial charge in [0.05, 0.1) is 0 Å². The standard InChI is InChI=1S/C11H22SSi/c1-5-6-7-10-13(3,4)11-8-9-12-2/h5-6,8-9,11H2,1-4H3. The van der Waals surface area contributed by atoms with E-state index in [2.05, 4.69) is 37.7 Å². The molecule has 0 saturated heterocycles. The number of hydrogen-bond donors (Lipinski definition) is 0. The highest BCUT2D eigenvalue weighted by Gasteiger charge is 2.16. The summed E-state index contributed by atoms with van der Waals surface area (Å²) in [6, 6.07) is 1.37. The number of hydrogen-bond acceptors (Lipinski definition) is 1. The predicted molar refractivity (Wildman–Crippen MR) is 68.0 cm³/mol. The molecule has 0 aromatic carbocycles. The van der Waals surface area contributed by atoms with Crippen molar-refractivity contribution in [1.29, 1.82) is 0 Å². The SMILES string of the molecule is CCCC#C[Si](C)(C)CCCSC. The molecule has 0 aliphatic carbocycles. The first-order valence-corrected chi connectivity index (χ1v) is 9.71. The molecule has 2 heteroatoms. The molecule has 0 aliphatic rings. The van der Waals surface area contributed by atoms with E-state index in [9.17, 15) is 0 Å². The Morgan fingerprint density at radius 1 is 1.31 bits per heavy atom. The number of thioether (sulfide) groups is 1. The van der Waals surface area contributed by atoms with E-state index in [-0.39, 0.29) is 0 Å². The lowest BCUT2D eigenvalue weighted by Gasteiger charge is -2.13. The van der Waals surface area contributed by atoms with Crippen LogP contribution in [0, 0.1) is 11.5 Å². The van der Waals surface area contributed by atoms with E-state index in [1.807, 2.05) is 11.8 Å². The van der Waals surface area contributed by atoms with Crippen LogP contribution in [0.2, 0.25) is 19.1 Å². The van der Waals surface area contributed by atoms with E-state index in [4.69, 9.17) is 0 Å². The van der Waals surface area contributed by atoms with Gasteiger partial charge in [-0.25, -0.2) is 0 Å². The van der Waals surface area contributed by atoms with Crippen molar-refractivity contribution in [2.24, 2.45) is 0 Å². The summed E-state index contributed by atoms with van der Waals surface area (Å²) in [6.45, 7) is 6.96. The summed E-state index contributed by atoms with van der Waals surface area (Å²) < 4.78 is 0. The lowest BCUT2D eigenvalue weighted by molar-refractivity contribution is 0.983. The van der Waals surface area contributed by atoms with Crippen LogP contribution in [0.4, 0.5) is 0 Å². The highest BCUT2D eigenvalue weighted by Crippen LogP contribution is 2.12. The van der Waals surface area contributed by atoms with E-state index in [1.54, 1.807) is 0 Å². The second-order valence-electron chi connectivity index (χ2n) is 4.03. The van der Waals surface area contributed by atoms with Crippen molar-refractivity contribution in [3.63, 3.8) is 0 Å². The van der Waals surface area contributed by atoms with Crippen LogP contribution in [-0.4, -0.2) is 20.1 Å². The van der Waals surface area contributed by atoms with Crippen molar-refractivity contribution in [2.45, 2.75) is 45.3 Å². The van der Waals surface area contributed by atoms with Gasteiger partial charge < -0.3 is 0 Å². The molecule has 13 heavy (non-hydrogen) atoms. The minimum atomic E-state index is -1.15. The van der Waals surface area contributed by atoms with Gasteiger partial charge in [0, 0.05) is 6.42 Å². The Morgan fingerprint density at radius 2 is 2.00 bits per heavy atom. The van der Waals surface area contributed by atoms with Crippen molar-refractivity contribution in [3.05, 3.63) is 0 Å². The normalized spacial score (nSPS) is 10.8. The van der Waals surface area contributed by atoms with Gasteiger partial charge in [0.1, 0.15) is 8.07 Å². The first-order valence-electron chi connectivity index (χ1n) is 5.11. The van der Waals surface area contributed by atoms with E-state index >= 15 is 0 Å². The van der Waals surface area contributed by atoms with E-state index in [0.717, 1.165) is 6.42 Å². The summed E-state index contributed by atoms with van der Waals surface area (Å²) in [5.74, 6) is 4.60. The summed E-state index contributed by atoms with van der Waals surface area (Å²) in [7, 11) is -1.15. The zero-order chi connectivity index (χ0) is 10.2. The number of unbranched alkanes of at least 4 members (excludes halogenated alkanes) is 1. The van der Waals surface area contributed by atoms with Crippen LogP contribution in [0.25, 0.3) is 0 Å². The molecular weight excluding hydrogens is 192 g/mol. The third-order valence-corrected chi connectivity index (χ3v) is 5.11. The summed E-state index contributed by atoms with van der Waals surface area (Å²) in [6.07, 6.45) is 5.81. The molecule has 0 fully saturated rings. The van der Waals surface area contributed by atoms with Gasteiger partial charge in [0.2, 0.25) is 0 Å². The molecule has 76 valence electrons. The fourth-order valence-corrected chi connectivity index (χ4v) is 3.63. The maximum absolute atomic E-state index is 3.50. The van der Waals surface area contributed by atoms with Gasteiger partial charge >= 0.3 is 0 Å². The van der Waals surface area contributed by atoms with Crippen LogP contribution < -0.4 is 0 Å². The first-order chi connectivity index (χ1) is 6.12. The quantitative estimate of drug-likeness (QED) is 0.381. The highest BCUT2D eigenvalue weighted by molar-refractivity contribution is 7.98. The zero-order valence-corrected chi connectivity index (χ0v) is 11.3. The fourth-order valence-electron chi connectivity index (χ4n) is 1.15. The Kier molecular flexibility index (Phi) is 7.60. The molecule has 0 rings (SSSR count). The molecule has 0 spiro atoms. The largest absolute Gasteiger partial charge is 0.165 e. The Bertz CT molecular complexity index is 176. The molecule has 0 amide bonds. The molecule has 0 radical (unpaired) electrons. The molecule has 0 nitrogen and oxygen atoms in total. The van der Waals surface area contributed by atoms with Crippen LogP contribution >= 0.6 is 11.8 Å². The first kappa shape index (κ1) is 13.1. The molecule has 0 heterocycles. The molecule has 0 saturated carbocycles. The minimum Gasteiger partial charge on any atom is -0.165 e. The third kappa shape index (κ3) is 8.46. The molecule has 0 N–H and O–H groups in total.